The van der Waals surface area contributed by atoms with Crippen LogP contribution >= 0.6 is 0 Å². The van der Waals surface area contributed by atoms with Crippen molar-refractivity contribution in [2.24, 2.45) is 16.1 Å². The highest BCUT2D eigenvalue weighted by molar-refractivity contribution is 4.39. The topological polar surface area (TPSA) is 83.8 Å². The van der Waals surface area contributed by atoms with Crippen LogP contribution in [0, 0.1) is 11.5 Å². The van der Waals surface area contributed by atoms with Crippen molar-refractivity contribution in [3.8, 4) is 6.26 Å². The van der Waals surface area contributed by atoms with Gasteiger partial charge in [0.15, 0.2) is 0 Å². The predicted octanol–water partition coefficient (Wildman–Crippen LogP) is -0.233. The quantitative estimate of drug-likeness (QED) is 0.295. The molecule has 2 N–H and O–H groups in total. The van der Waals surface area contributed by atoms with Gasteiger partial charge in [-0.15, -0.1) is 10.4 Å². The summed E-state index contributed by atoms with van der Waals surface area (Å²) in [5.74, 6) is 0. The molecule has 5 nitrogen and oxygen atoms in total. The fraction of sp³-hybridized carbons (Fsp3) is 0.500. The van der Waals surface area contributed by atoms with E-state index in [4.69, 9.17) is 11.0 Å². The molecule has 0 bridgehead atoms. The first-order valence-electron chi connectivity index (χ1n) is 1.53. The Hall–Kier alpha value is -1.15. The average molecular weight is 100 g/mol. The number of hydrogen-bond acceptors (Lipinski definition) is 5. The molecule has 7 heavy (non-hydrogen) atoms. The summed E-state index contributed by atoms with van der Waals surface area (Å²) in [4.78, 5) is 3.76. The predicted molar refractivity (Wildman–Crippen MR) is 20.6 cm³/mol. The highest BCUT2D eigenvalue weighted by atomic mass is 16.6. The first-order valence-corrected chi connectivity index (χ1v) is 1.53. The molecule has 0 rings (SSSR count). The molecule has 0 saturated carbocycles. The van der Waals surface area contributed by atoms with Crippen molar-refractivity contribution in [3.05, 3.63) is 0 Å². The van der Waals surface area contributed by atoms with Gasteiger partial charge in [0, 0.05) is 5.28 Å². The Bertz CT molecular complexity index is 92.4. The minimum Gasteiger partial charge on any atom is -0.311 e. The van der Waals surface area contributed by atoms with Crippen molar-refractivity contribution in [3.63, 3.8) is 0 Å². The molecule has 0 saturated heterocycles. The second kappa shape index (κ2) is 4.85. The van der Waals surface area contributed by atoms with E-state index in [2.05, 4.69) is 15.2 Å². The maximum atomic E-state index is 7.63. The lowest BCUT2D eigenvalue weighted by atomic mass is 11.3. The van der Waals surface area contributed by atoms with Gasteiger partial charge in [-0.25, -0.2) is 0 Å². The van der Waals surface area contributed by atoms with Gasteiger partial charge < -0.3 is 5.73 Å². The van der Waals surface area contributed by atoms with Crippen LogP contribution in [0.4, 0.5) is 0 Å². The Labute approximate surface area is 40.4 Å². The first-order chi connectivity index (χ1) is 3.41. The van der Waals surface area contributed by atoms with Crippen LogP contribution in [0.3, 0.4) is 0 Å². The van der Waals surface area contributed by atoms with Crippen LogP contribution in [-0.2, 0) is 4.84 Å². The lowest BCUT2D eigenvalue weighted by Crippen LogP contribution is -1.91. The number of hydrogen-bond donors (Lipinski definition) is 1. The van der Waals surface area contributed by atoms with Gasteiger partial charge in [0.25, 0.3) is 0 Å². The van der Waals surface area contributed by atoms with Gasteiger partial charge in [0.1, 0.15) is 6.67 Å². The molecule has 38 valence electrons. The van der Waals surface area contributed by atoms with Crippen molar-refractivity contribution < 1.29 is 4.84 Å². The Kier molecular flexibility index (Phi) is 4.05. The van der Waals surface area contributed by atoms with Gasteiger partial charge in [-0.2, -0.15) is 0 Å². The number of nitrogens with two attached hydrogens (primary N) is 1. The second-order valence-corrected chi connectivity index (χ2v) is 0.588. The summed E-state index contributed by atoms with van der Waals surface area (Å²) in [7, 11) is 0. The Morgan fingerprint density at radius 1 is 1.86 bits per heavy atom. The zero-order valence-electron chi connectivity index (χ0n) is 3.53. The van der Waals surface area contributed by atoms with E-state index in [1.54, 1.807) is 0 Å². The van der Waals surface area contributed by atoms with Crippen LogP contribution in [0.1, 0.15) is 0 Å². The molecule has 0 heterocycles. The zero-order valence-corrected chi connectivity index (χ0v) is 3.53. The maximum absolute atomic E-state index is 7.63. The summed E-state index contributed by atoms with van der Waals surface area (Å²) in [5.41, 5.74) is 4.82. The molecule has 0 fully saturated rings. The fourth-order valence-corrected chi connectivity index (χ4v) is 0.0805. The van der Waals surface area contributed by atoms with Crippen LogP contribution in [-0.4, -0.2) is 6.67 Å². The van der Waals surface area contributed by atoms with E-state index in [9.17, 15) is 0 Å². The molecule has 0 aromatic rings. The standard InChI is InChI=1S/C2H4N4O/c3-1-5-6-7-2-4/h1,3H2. The van der Waals surface area contributed by atoms with E-state index >= 15 is 0 Å². The van der Waals surface area contributed by atoms with E-state index in [1.807, 2.05) is 0 Å². The molecule has 5 heteroatoms. The average Bonchev–Trinajstić information content (AvgIpc) is 1.69. The van der Waals surface area contributed by atoms with Crippen LogP contribution in [0.15, 0.2) is 10.4 Å². The summed E-state index contributed by atoms with van der Waals surface area (Å²) < 4.78 is 0. The van der Waals surface area contributed by atoms with Crippen LogP contribution < -0.4 is 5.73 Å². The molecule has 0 unspecified atom stereocenters. The first kappa shape index (κ1) is 5.85. The summed E-state index contributed by atoms with van der Waals surface area (Å²) in [6.45, 7) is 0.0433. The van der Waals surface area contributed by atoms with Crippen molar-refractivity contribution in [1.29, 1.82) is 5.26 Å². The van der Waals surface area contributed by atoms with Crippen LogP contribution in [0.5, 0.6) is 0 Å². The van der Waals surface area contributed by atoms with Gasteiger partial charge in [0.2, 0.25) is 0 Å². The minimum atomic E-state index is 0.0433. The fourth-order valence-electron chi connectivity index (χ4n) is 0.0805. The molecule has 0 aromatic heterocycles. The van der Waals surface area contributed by atoms with Gasteiger partial charge in [-0.3, -0.25) is 4.84 Å². The molecule has 0 amide bonds. The lowest BCUT2D eigenvalue weighted by molar-refractivity contribution is 0.257. The summed E-state index contributed by atoms with van der Waals surface area (Å²) in [6, 6.07) is 0. The molecule has 0 spiro atoms. The third-order valence-corrected chi connectivity index (χ3v) is 0.221. The lowest BCUT2D eigenvalue weighted by Gasteiger charge is -1.73. The van der Waals surface area contributed by atoms with Crippen molar-refractivity contribution in [2.75, 3.05) is 6.67 Å². The van der Waals surface area contributed by atoms with E-state index in [1.165, 1.54) is 6.26 Å². The largest absolute Gasteiger partial charge is 0.318 e. The maximum Gasteiger partial charge on any atom is 0.318 e. The molecule has 0 aliphatic rings. The van der Waals surface area contributed by atoms with Gasteiger partial charge >= 0.3 is 6.26 Å². The van der Waals surface area contributed by atoms with E-state index in [0.717, 1.165) is 0 Å². The van der Waals surface area contributed by atoms with Gasteiger partial charge in [-0.05, 0) is 0 Å². The van der Waals surface area contributed by atoms with Crippen molar-refractivity contribution >= 4 is 0 Å². The molecular formula is C2H4N4O. The van der Waals surface area contributed by atoms with Gasteiger partial charge in [-0.1, -0.05) is 0 Å². The highest BCUT2D eigenvalue weighted by Crippen LogP contribution is 1.69. The number of nitriles is 1. The highest BCUT2D eigenvalue weighted by Gasteiger charge is 1.65. The molecule has 0 radical (unpaired) electrons. The smallest absolute Gasteiger partial charge is 0.311 e. The van der Waals surface area contributed by atoms with Crippen molar-refractivity contribution in [1.82, 2.24) is 0 Å². The summed E-state index contributed by atoms with van der Waals surface area (Å²) in [5, 5.41) is 13.6. The van der Waals surface area contributed by atoms with E-state index in [-0.39, 0.29) is 6.67 Å². The normalized spacial score (nSPS) is 8.57. The van der Waals surface area contributed by atoms with E-state index < -0.39 is 0 Å². The molecular weight excluding hydrogens is 96.0 g/mol. The third-order valence-electron chi connectivity index (χ3n) is 0.221. The van der Waals surface area contributed by atoms with Crippen molar-refractivity contribution in [2.45, 2.75) is 0 Å². The molecule has 0 aliphatic carbocycles. The SMILES string of the molecule is N#CON=NCN. The zero-order chi connectivity index (χ0) is 5.54. The Morgan fingerprint density at radius 3 is 3.00 bits per heavy atom. The number of rotatable bonds is 2. The molecule has 0 atom stereocenters. The second-order valence-electron chi connectivity index (χ2n) is 0.588. The van der Waals surface area contributed by atoms with Crippen LogP contribution in [0.2, 0.25) is 0 Å². The number of nitrogens with zero attached hydrogens (tertiary/aromatic N) is 3. The molecule has 0 aromatic carbocycles. The van der Waals surface area contributed by atoms with Crippen LogP contribution in [0.25, 0.3) is 0 Å². The Balaban J connectivity index is 2.97. The van der Waals surface area contributed by atoms with Gasteiger partial charge in [0.05, 0.1) is 0 Å². The van der Waals surface area contributed by atoms with E-state index in [0.29, 0.717) is 0 Å². The Morgan fingerprint density at radius 2 is 2.57 bits per heavy atom. The monoisotopic (exact) mass is 100 g/mol. The summed E-state index contributed by atoms with van der Waals surface area (Å²) in [6.07, 6.45) is 1.29. The molecule has 0 aliphatic heterocycles. The minimum absolute atomic E-state index is 0.0433. The third kappa shape index (κ3) is 4.85. The summed E-state index contributed by atoms with van der Waals surface area (Å²) >= 11 is 0.